The maximum Gasteiger partial charge on any atom is 0.410 e. The molecule has 0 spiro atoms. The molecule has 4 rings (SSSR count). The van der Waals surface area contributed by atoms with E-state index >= 15 is 0 Å². The standard InChI is InChI=1S/C18H17ClN4O4/c19-17-21-15-13(16(22-17)20-11-12-3-2-8-25-12)4-1-5-14(15)26-9-6-23-7-10-27-18(23)24/h1-5,8H,6-7,9-11H2,(H,20,21,22). The lowest BCUT2D eigenvalue weighted by atomic mass is 10.2. The van der Waals surface area contributed by atoms with Gasteiger partial charge in [0, 0.05) is 5.39 Å². The largest absolute Gasteiger partial charge is 0.489 e. The lowest BCUT2D eigenvalue weighted by Crippen LogP contribution is -2.29. The second-order valence-electron chi connectivity index (χ2n) is 5.88. The lowest BCUT2D eigenvalue weighted by molar-refractivity contribution is 0.153. The highest BCUT2D eigenvalue weighted by atomic mass is 35.5. The van der Waals surface area contributed by atoms with E-state index in [1.165, 1.54) is 0 Å². The molecule has 3 aromatic rings. The molecule has 0 aliphatic carbocycles. The number of hydrogen-bond donors (Lipinski definition) is 1. The van der Waals surface area contributed by atoms with Crippen molar-refractivity contribution < 1.29 is 18.7 Å². The molecule has 0 bridgehead atoms. The van der Waals surface area contributed by atoms with Gasteiger partial charge in [-0.1, -0.05) is 6.07 Å². The van der Waals surface area contributed by atoms with E-state index in [2.05, 4.69) is 15.3 Å². The molecule has 27 heavy (non-hydrogen) atoms. The zero-order valence-corrected chi connectivity index (χ0v) is 15.1. The number of para-hydroxylation sites is 1. The average Bonchev–Trinajstić information content (AvgIpc) is 3.32. The Balaban J connectivity index is 1.52. The Morgan fingerprint density at radius 2 is 2.19 bits per heavy atom. The first-order valence-corrected chi connectivity index (χ1v) is 8.85. The first-order valence-electron chi connectivity index (χ1n) is 8.48. The summed E-state index contributed by atoms with van der Waals surface area (Å²) in [5.41, 5.74) is 0.600. The van der Waals surface area contributed by atoms with Gasteiger partial charge in [0.2, 0.25) is 5.28 Å². The molecule has 1 aliphatic rings. The number of furan rings is 1. The van der Waals surface area contributed by atoms with Crippen molar-refractivity contribution in [2.75, 3.05) is 31.6 Å². The van der Waals surface area contributed by atoms with E-state index in [1.54, 1.807) is 11.2 Å². The second kappa shape index (κ2) is 7.71. The van der Waals surface area contributed by atoms with Crippen LogP contribution in [0.2, 0.25) is 5.28 Å². The van der Waals surface area contributed by atoms with E-state index in [-0.39, 0.29) is 11.4 Å². The van der Waals surface area contributed by atoms with Crippen molar-refractivity contribution in [2.24, 2.45) is 0 Å². The number of fused-ring (bicyclic) bond motifs is 1. The molecule has 8 nitrogen and oxygen atoms in total. The van der Waals surface area contributed by atoms with Crippen LogP contribution in [-0.2, 0) is 11.3 Å². The number of nitrogens with one attached hydrogen (secondary N) is 1. The molecule has 1 fully saturated rings. The predicted molar refractivity (Wildman–Crippen MR) is 99.0 cm³/mol. The molecule has 0 radical (unpaired) electrons. The third-order valence-corrected chi connectivity index (χ3v) is 4.31. The maximum absolute atomic E-state index is 11.5. The normalized spacial score (nSPS) is 13.8. The zero-order chi connectivity index (χ0) is 18.6. The van der Waals surface area contributed by atoms with Gasteiger partial charge in [-0.3, -0.25) is 0 Å². The Labute approximate surface area is 160 Å². The van der Waals surface area contributed by atoms with Gasteiger partial charge in [-0.05, 0) is 35.9 Å². The Bertz CT molecular complexity index is 948. The summed E-state index contributed by atoms with van der Waals surface area (Å²) in [5, 5.41) is 4.11. The average molecular weight is 389 g/mol. The van der Waals surface area contributed by atoms with Crippen LogP contribution in [0.25, 0.3) is 10.9 Å². The van der Waals surface area contributed by atoms with Crippen LogP contribution in [0.4, 0.5) is 10.6 Å². The molecule has 0 unspecified atom stereocenters. The molecule has 1 aliphatic heterocycles. The third kappa shape index (κ3) is 3.90. The SMILES string of the molecule is O=C1OCCN1CCOc1cccc2c(NCc3ccco3)nc(Cl)nc12. The predicted octanol–water partition coefficient (Wildman–Crippen LogP) is 3.32. The van der Waals surface area contributed by atoms with Crippen molar-refractivity contribution in [3.8, 4) is 5.75 Å². The number of hydrogen-bond acceptors (Lipinski definition) is 7. The number of rotatable bonds is 7. The monoisotopic (exact) mass is 388 g/mol. The number of carbonyl (C=O) groups excluding carboxylic acids is 1. The van der Waals surface area contributed by atoms with Crippen LogP contribution < -0.4 is 10.1 Å². The number of carbonyl (C=O) groups is 1. The molecular weight excluding hydrogens is 372 g/mol. The minimum absolute atomic E-state index is 0.114. The summed E-state index contributed by atoms with van der Waals surface area (Å²) in [5.74, 6) is 1.95. The summed E-state index contributed by atoms with van der Waals surface area (Å²) in [4.78, 5) is 21.7. The van der Waals surface area contributed by atoms with E-state index in [0.717, 1.165) is 11.1 Å². The fourth-order valence-electron chi connectivity index (χ4n) is 2.83. The van der Waals surface area contributed by atoms with Gasteiger partial charge in [0.25, 0.3) is 0 Å². The maximum atomic E-state index is 11.5. The first-order chi connectivity index (χ1) is 13.2. The molecule has 0 saturated carbocycles. The summed E-state index contributed by atoms with van der Waals surface area (Å²) in [6.07, 6.45) is 1.30. The number of ether oxygens (including phenoxy) is 2. The van der Waals surface area contributed by atoms with Crippen molar-refractivity contribution in [3.63, 3.8) is 0 Å². The number of aromatic nitrogens is 2. The van der Waals surface area contributed by atoms with Crippen LogP contribution >= 0.6 is 11.6 Å². The van der Waals surface area contributed by atoms with Crippen LogP contribution in [0.15, 0.2) is 41.0 Å². The Hall–Kier alpha value is -3.00. The Kier molecular flexibility index (Phi) is 4.97. The summed E-state index contributed by atoms with van der Waals surface area (Å²) in [6, 6.07) is 9.25. The molecule has 1 amide bonds. The van der Waals surface area contributed by atoms with Crippen molar-refractivity contribution >= 4 is 34.4 Å². The van der Waals surface area contributed by atoms with Crippen LogP contribution in [0, 0.1) is 0 Å². The van der Waals surface area contributed by atoms with Crippen LogP contribution in [0.1, 0.15) is 5.76 Å². The van der Waals surface area contributed by atoms with Crippen LogP contribution in [-0.4, -0.2) is 47.3 Å². The molecule has 0 atom stereocenters. The van der Waals surface area contributed by atoms with Gasteiger partial charge in [-0.25, -0.2) is 14.8 Å². The highest BCUT2D eigenvalue weighted by molar-refractivity contribution is 6.29. The number of anilines is 1. The van der Waals surface area contributed by atoms with Crippen molar-refractivity contribution in [2.45, 2.75) is 6.54 Å². The third-order valence-electron chi connectivity index (χ3n) is 4.14. The zero-order valence-electron chi connectivity index (χ0n) is 14.4. The topological polar surface area (TPSA) is 89.7 Å². The quantitative estimate of drug-likeness (QED) is 0.621. The molecular formula is C18H17ClN4O4. The number of cyclic esters (lactones) is 1. The van der Waals surface area contributed by atoms with Crippen molar-refractivity contribution in [1.82, 2.24) is 14.9 Å². The molecule has 1 aromatic carbocycles. The van der Waals surface area contributed by atoms with Crippen molar-refractivity contribution in [1.29, 1.82) is 0 Å². The summed E-state index contributed by atoms with van der Waals surface area (Å²) in [7, 11) is 0. The second-order valence-corrected chi connectivity index (χ2v) is 6.21. The molecule has 3 heterocycles. The van der Waals surface area contributed by atoms with Gasteiger partial charge in [-0.2, -0.15) is 0 Å². The van der Waals surface area contributed by atoms with Gasteiger partial charge < -0.3 is 24.1 Å². The van der Waals surface area contributed by atoms with Gasteiger partial charge in [0.15, 0.2) is 0 Å². The van der Waals surface area contributed by atoms with E-state index in [9.17, 15) is 4.79 Å². The number of benzene rings is 1. The minimum atomic E-state index is -0.314. The molecule has 9 heteroatoms. The summed E-state index contributed by atoms with van der Waals surface area (Å²) in [6.45, 7) is 2.23. The van der Waals surface area contributed by atoms with E-state index in [0.29, 0.717) is 49.9 Å². The minimum Gasteiger partial charge on any atom is -0.489 e. The van der Waals surface area contributed by atoms with Gasteiger partial charge in [-0.15, -0.1) is 0 Å². The lowest BCUT2D eigenvalue weighted by Gasteiger charge is -2.15. The van der Waals surface area contributed by atoms with E-state index in [4.69, 9.17) is 25.5 Å². The first kappa shape index (κ1) is 17.4. The molecule has 2 aromatic heterocycles. The Morgan fingerprint density at radius 3 is 2.96 bits per heavy atom. The fourth-order valence-corrected chi connectivity index (χ4v) is 3.00. The smallest absolute Gasteiger partial charge is 0.410 e. The van der Waals surface area contributed by atoms with Crippen LogP contribution in [0.3, 0.4) is 0 Å². The van der Waals surface area contributed by atoms with E-state index in [1.807, 2.05) is 30.3 Å². The van der Waals surface area contributed by atoms with Gasteiger partial charge >= 0.3 is 6.09 Å². The Morgan fingerprint density at radius 1 is 1.26 bits per heavy atom. The highest BCUT2D eigenvalue weighted by Crippen LogP contribution is 2.29. The number of amides is 1. The summed E-state index contributed by atoms with van der Waals surface area (Å²) >= 11 is 6.10. The molecule has 1 saturated heterocycles. The number of halogens is 1. The van der Waals surface area contributed by atoms with E-state index < -0.39 is 0 Å². The van der Waals surface area contributed by atoms with Gasteiger partial charge in [0.05, 0.1) is 25.9 Å². The molecule has 1 N–H and O–H groups in total. The highest BCUT2D eigenvalue weighted by Gasteiger charge is 2.21. The molecule has 140 valence electrons. The van der Waals surface area contributed by atoms with Crippen molar-refractivity contribution in [3.05, 3.63) is 47.6 Å². The summed E-state index contributed by atoms with van der Waals surface area (Å²) < 4.78 is 16.1. The van der Waals surface area contributed by atoms with Crippen LogP contribution in [0.5, 0.6) is 5.75 Å². The van der Waals surface area contributed by atoms with Gasteiger partial charge in [0.1, 0.15) is 36.1 Å². The fraction of sp³-hybridized carbons (Fsp3) is 0.278. The number of nitrogens with zero attached hydrogens (tertiary/aromatic N) is 3.